The van der Waals surface area contributed by atoms with Crippen LogP contribution in [-0.4, -0.2) is 23.0 Å². The Bertz CT molecular complexity index is 502. The van der Waals surface area contributed by atoms with Crippen LogP contribution in [0.3, 0.4) is 0 Å². The van der Waals surface area contributed by atoms with Crippen LogP contribution in [0.15, 0.2) is 36.7 Å². The number of nitrogens with zero attached hydrogens (tertiary/aromatic N) is 2. The maximum Gasteiger partial charge on any atom is 0.233 e. The predicted octanol–water partition coefficient (Wildman–Crippen LogP) is 3.01. The van der Waals surface area contributed by atoms with E-state index in [1.54, 1.807) is 19.5 Å². The molecule has 2 aromatic rings. The maximum absolute atomic E-state index is 5.69. The Morgan fingerprint density at radius 2 is 2.00 bits per heavy atom. The molecule has 0 saturated heterocycles. The van der Waals surface area contributed by atoms with Crippen molar-refractivity contribution in [2.45, 2.75) is 6.42 Å². The summed E-state index contributed by atoms with van der Waals surface area (Å²) in [7, 11) is 1.56. The van der Waals surface area contributed by atoms with Crippen molar-refractivity contribution in [2.75, 3.05) is 18.3 Å². The fourth-order valence-electron chi connectivity index (χ4n) is 1.52. The Labute approximate surface area is 111 Å². The van der Waals surface area contributed by atoms with Gasteiger partial charge >= 0.3 is 0 Å². The van der Waals surface area contributed by atoms with Gasteiger partial charge in [0.1, 0.15) is 0 Å². The number of rotatable bonds is 5. The largest absolute Gasteiger partial charge is 0.480 e. The number of ether oxygens (including phenoxy) is 1. The van der Waals surface area contributed by atoms with E-state index < -0.39 is 0 Å². The van der Waals surface area contributed by atoms with Crippen LogP contribution in [0.25, 0.3) is 0 Å². The third-order valence-corrected chi connectivity index (χ3v) is 2.62. The van der Waals surface area contributed by atoms with Crippen molar-refractivity contribution < 1.29 is 4.74 Å². The molecule has 0 bridgehead atoms. The highest BCUT2D eigenvalue weighted by Crippen LogP contribution is 2.16. The van der Waals surface area contributed by atoms with Gasteiger partial charge in [-0.15, -0.1) is 11.6 Å². The van der Waals surface area contributed by atoms with E-state index in [9.17, 15) is 0 Å². The van der Waals surface area contributed by atoms with Crippen molar-refractivity contribution in [2.24, 2.45) is 0 Å². The molecule has 0 radical (unpaired) electrons. The molecule has 0 atom stereocenters. The van der Waals surface area contributed by atoms with Crippen LogP contribution in [0, 0.1) is 0 Å². The predicted molar refractivity (Wildman–Crippen MR) is 72.7 cm³/mol. The number of benzene rings is 1. The van der Waals surface area contributed by atoms with Crippen molar-refractivity contribution in [3.8, 4) is 5.88 Å². The van der Waals surface area contributed by atoms with E-state index in [1.807, 2.05) is 24.3 Å². The molecule has 0 aliphatic heterocycles. The van der Waals surface area contributed by atoms with Gasteiger partial charge in [-0.1, -0.05) is 12.1 Å². The second-order valence-electron chi connectivity index (χ2n) is 3.71. The summed E-state index contributed by atoms with van der Waals surface area (Å²) in [6, 6.07) is 8.06. The smallest absolute Gasteiger partial charge is 0.233 e. The van der Waals surface area contributed by atoms with Crippen molar-refractivity contribution in [3.63, 3.8) is 0 Å². The highest BCUT2D eigenvalue weighted by Gasteiger charge is 1.99. The molecule has 18 heavy (non-hydrogen) atoms. The van der Waals surface area contributed by atoms with E-state index in [0.29, 0.717) is 17.6 Å². The summed E-state index contributed by atoms with van der Waals surface area (Å²) in [5.41, 5.74) is 2.17. The van der Waals surface area contributed by atoms with E-state index in [-0.39, 0.29) is 0 Å². The molecule has 0 aliphatic rings. The average Bonchev–Trinajstić information content (AvgIpc) is 2.42. The number of hydrogen-bond donors (Lipinski definition) is 1. The third kappa shape index (κ3) is 3.34. The second kappa shape index (κ2) is 6.21. The Morgan fingerprint density at radius 3 is 2.67 bits per heavy atom. The summed E-state index contributed by atoms with van der Waals surface area (Å²) in [4.78, 5) is 8.26. The number of nitrogens with one attached hydrogen (secondary N) is 1. The molecule has 2 rings (SSSR count). The molecule has 0 unspecified atom stereocenters. The first-order chi connectivity index (χ1) is 8.81. The van der Waals surface area contributed by atoms with E-state index >= 15 is 0 Å². The normalized spacial score (nSPS) is 10.1. The van der Waals surface area contributed by atoms with Crippen LogP contribution in [0.5, 0.6) is 5.88 Å². The van der Waals surface area contributed by atoms with Crippen LogP contribution < -0.4 is 10.1 Å². The molecule has 94 valence electrons. The lowest BCUT2D eigenvalue weighted by Gasteiger charge is -2.07. The van der Waals surface area contributed by atoms with Crippen LogP contribution in [0.1, 0.15) is 5.56 Å². The fourth-order valence-corrected chi connectivity index (χ4v) is 1.74. The quantitative estimate of drug-likeness (QED) is 0.843. The zero-order valence-electron chi connectivity index (χ0n) is 10.1. The summed E-state index contributed by atoms with van der Waals surface area (Å²) in [6.45, 7) is 0. The molecular weight excluding hydrogens is 250 g/mol. The van der Waals surface area contributed by atoms with Crippen molar-refractivity contribution in [3.05, 3.63) is 42.2 Å². The van der Waals surface area contributed by atoms with Crippen molar-refractivity contribution in [1.82, 2.24) is 9.97 Å². The number of aryl methyl sites for hydroxylation is 1. The standard InChI is InChI=1S/C13H14ClN3O/c1-18-13-9-15-8-12(17-13)16-11-4-2-10(3-5-11)6-7-14/h2-5,8-9H,6-7H2,1H3,(H,16,17). The highest BCUT2D eigenvalue weighted by molar-refractivity contribution is 6.17. The summed E-state index contributed by atoms with van der Waals surface area (Å²) in [6.07, 6.45) is 4.09. The minimum Gasteiger partial charge on any atom is -0.480 e. The van der Waals surface area contributed by atoms with Crippen molar-refractivity contribution >= 4 is 23.1 Å². The lowest BCUT2D eigenvalue weighted by atomic mass is 10.1. The second-order valence-corrected chi connectivity index (χ2v) is 4.09. The molecule has 5 heteroatoms. The van der Waals surface area contributed by atoms with E-state index in [0.717, 1.165) is 12.1 Å². The molecule has 1 N–H and O–H groups in total. The van der Waals surface area contributed by atoms with Gasteiger partial charge in [-0.25, -0.2) is 0 Å². The molecule has 1 aromatic heterocycles. The minimum atomic E-state index is 0.485. The lowest BCUT2D eigenvalue weighted by molar-refractivity contribution is 0.396. The van der Waals surface area contributed by atoms with Gasteiger partial charge in [-0.3, -0.25) is 4.98 Å². The SMILES string of the molecule is COc1cncc(Nc2ccc(CCCl)cc2)n1. The zero-order valence-corrected chi connectivity index (χ0v) is 10.8. The highest BCUT2D eigenvalue weighted by atomic mass is 35.5. The van der Waals surface area contributed by atoms with Gasteiger partial charge in [0, 0.05) is 11.6 Å². The summed E-state index contributed by atoms with van der Waals surface area (Å²) in [5, 5.41) is 3.16. The van der Waals surface area contributed by atoms with Crippen LogP contribution in [-0.2, 0) is 6.42 Å². The molecule has 0 aliphatic carbocycles. The summed E-state index contributed by atoms with van der Waals surface area (Å²) in [5.74, 6) is 1.77. The molecule has 0 saturated carbocycles. The van der Waals surface area contributed by atoms with E-state index in [4.69, 9.17) is 16.3 Å². The van der Waals surface area contributed by atoms with Gasteiger partial charge in [-0.2, -0.15) is 4.98 Å². The molecule has 4 nitrogen and oxygen atoms in total. The Hall–Kier alpha value is -1.81. The van der Waals surface area contributed by atoms with Gasteiger partial charge in [0.25, 0.3) is 0 Å². The van der Waals surface area contributed by atoms with Crippen molar-refractivity contribution in [1.29, 1.82) is 0 Å². The summed E-state index contributed by atoms with van der Waals surface area (Å²) >= 11 is 5.69. The first-order valence-electron chi connectivity index (χ1n) is 5.60. The number of aromatic nitrogens is 2. The maximum atomic E-state index is 5.69. The Kier molecular flexibility index (Phi) is 4.36. The lowest BCUT2D eigenvalue weighted by Crippen LogP contribution is -1.97. The minimum absolute atomic E-state index is 0.485. The average molecular weight is 264 g/mol. The molecule has 0 fully saturated rings. The van der Waals surface area contributed by atoms with E-state index in [1.165, 1.54) is 5.56 Å². The topological polar surface area (TPSA) is 47.0 Å². The Balaban J connectivity index is 2.08. The number of alkyl halides is 1. The first-order valence-corrected chi connectivity index (χ1v) is 6.13. The van der Waals surface area contributed by atoms with Gasteiger partial charge < -0.3 is 10.1 Å². The van der Waals surface area contributed by atoms with Gasteiger partial charge in [-0.05, 0) is 24.1 Å². The molecule has 0 amide bonds. The number of anilines is 2. The van der Waals surface area contributed by atoms with Gasteiger partial charge in [0.2, 0.25) is 5.88 Å². The summed E-state index contributed by atoms with van der Waals surface area (Å²) < 4.78 is 5.02. The number of hydrogen-bond acceptors (Lipinski definition) is 4. The zero-order chi connectivity index (χ0) is 12.8. The molecule has 0 spiro atoms. The van der Waals surface area contributed by atoms with E-state index in [2.05, 4.69) is 15.3 Å². The third-order valence-electron chi connectivity index (χ3n) is 2.43. The number of methoxy groups -OCH3 is 1. The van der Waals surface area contributed by atoms with Crippen LogP contribution in [0.4, 0.5) is 11.5 Å². The Morgan fingerprint density at radius 1 is 1.22 bits per heavy atom. The van der Waals surface area contributed by atoms with Gasteiger partial charge in [0.05, 0.1) is 19.5 Å². The first kappa shape index (κ1) is 12.6. The fraction of sp³-hybridized carbons (Fsp3) is 0.231. The molecule has 1 aromatic carbocycles. The molecule has 1 heterocycles. The van der Waals surface area contributed by atoms with Crippen LogP contribution in [0.2, 0.25) is 0 Å². The van der Waals surface area contributed by atoms with Gasteiger partial charge in [0.15, 0.2) is 5.82 Å². The molecular formula is C13H14ClN3O. The van der Waals surface area contributed by atoms with Crippen LogP contribution >= 0.6 is 11.6 Å². The number of halogens is 1. The monoisotopic (exact) mass is 263 g/mol.